The summed E-state index contributed by atoms with van der Waals surface area (Å²) >= 11 is 0. The van der Waals surface area contributed by atoms with Crippen LogP contribution in [0, 0.1) is 0 Å². The van der Waals surface area contributed by atoms with Crippen LogP contribution >= 0.6 is 0 Å². The zero-order chi connectivity index (χ0) is 12.6. The lowest BCUT2D eigenvalue weighted by atomic mass is 10.0. The minimum Gasteiger partial charge on any atom is -0.389 e. The van der Waals surface area contributed by atoms with Crippen molar-refractivity contribution >= 4 is 5.91 Å². The molecule has 0 saturated heterocycles. The molecule has 0 bridgehead atoms. The normalized spacial score (nSPS) is 13.6. The van der Waals surface area contributed by atoms with Gasteiger partial charge in [-0.15, -0.1) is 0 Å². The van der Waals surface area contributed by atoms with Crippen LogP contribution in [0.3, 0.4) is 0 Å². The van der Waals surface area contributed by atoms with E-state index in [9.17, 15) is 9.90 Å². The van der Waals surface area contributed by atoms with Crippen molar-refractivity contribution in [1.82, 2.24) is 10.6 Å². The SMILES string of the molecule is CCC(C)(C)NC(=O)CNCC(O)COC. The van der Waals surface area contributed by atoms with Gasteiger partial charge >= 0.3 is 0 Å². The van der Waals surface area contributed by atoms with Crippen molar-refractivity contribution in [3.63, 3.8) is 0 Å². The average Bonchev–Trinajstić information content (AvgIpc) is 2.17. The first-order valence-corrected chi connectivity index (χ1v) is 5.60. The third kappa shape index (κ3) is 7.62. The number of methoxy groups -OCH3 is 1. The highest BCUT2D eigenvalue weighted by Crippen LogP contribution is 2.05. The molecule has 0 aromatic carbocycles. The molecule has 96 valence electrons. The number of carbonyl (C=O) groups is 1. The lowest BCUT2D eigenvalue weighted by Gasteiger charge is -2.24. The van der Waals surface area contributed by atoms with Gasteiger partial charge in [-0.2, -0.15) is 0 Å². The van der Waals surface area contributed by atoms with Crippen LogP contribution in [0.5, 0.6) is 0 Å². The van der Waals surface area contributed by atoms with E-state index in [1.54, 1.807) is 0 Å². The smallest absolute Gasteiger partial charge is 0.234 e. The largest absolute Gasteiger partial charge is 0.389 e. The topological polar surface area (TPSA) is 70.6 Å². The van der Waals surface area contributed by atoms with E-state index >= 15 is 0 Å². The molecule has 0 spiro atoms. The van der Waals surface area contributed by atoms with Gasteiger partial charge in [-0.1, -0.05) is 6.92 Å². The number of ether oxygens (including phenoxy) is 1. The molecular weight excluding hydrogens is 208 g/mol. The van der Waals surface area contributed by atoms with E-state index in [0.717, 1.165) is 6.42 Å². The Morgan fingerprint density at radius 2 is 2.12 bits per heavy atom. The summed E-state index contributed by atoms with van der Waals surface area (Å²) < 4.78 is 4.77. The summed E-state index contributed by atoms with van der Waals surface area (Å²) in [5.41, 5.74) is -0.177. The Labute approximate surface area is 97.6 Å². The molecule has 0 aliphatic heterocycles. The van der Waals surface area contributed by atoms with Crippen LogP contribution in [-0.2, 0) is 9.53 Å². The lowest BCUT2D eigenvalue weighted by molar-refractivity contribution is -0.121. The van der Waals surface area contributed by atoms with Gasteiger partial charge in [0, 0.05) is 19.2 Å². The second-order valence-electron chi connectivity index (χ2n) is 4.53. The van der Waals surface area contributed by atoms with Gasteiger partial charge in [-0.3, -0.25) is 4.79 Å². The number of nitrogens with one attached hydrogen (secondary N) is 2. The molecule has 0 aliphatic rings. The van der Waals surface area contributed by atoms with E-state index < -0.39 is 6.10 Å². The molecule has 5 nitrogen and oxygen atoms in total. The van der Waals surface area contributed by atoms with Gasteiger partial charge in [-0.05, 0) is 20.3 Å². The Balaban J connectivity index is 3.66. The fourth-order valence-electron chi connectivity index (χ4n) is 1.11. The van der Waals surface area contributed by atoms with Crippen LogP contribution in [0.25, 0.3) is 0 Å². The van der Waals surface area contributed by atoms with Crippen LogP contribution in [-0.4, -0.2) is 49.5 Å². The summed E-state index contributed by atoms with van der Waals surface area (Å²) in [6, 6.07) is 0. The van der Waals surface area contributed by atoms with E-state index in [0.29, 0.717) is 6.54 Å². The van der Waals surface area contributed by atoms with E-state index in [2.05, 4.69) is 10.6 Å². The van der Waals surface area contributed by atoms with Crippen molar-refractivity contribution in [2.45, 2.75) is 38.8 Å². The Morgan fingerprint density at radius 1 is 1.50 bits per heavy atom. The quantitative estimate of drug-likeness (QED) is 0.546. The molecule has 0 aromatic rings. The number of hydrogen-bond donors (Lipinski definition) is 3. The van der Waals surface area contributed by atoms with E-state index in [1.807, 2.05) is 20.8 Å². The fourth-order valence-corrected chi connectivity index (χ4v) is 1.11. The molecule has 5 heteroatoms. The van der Waals surface area contributed by atoms with Crippen LogP contribution in [0.2, 0.25) is 0 Å². The summed E-state index contributed by atoms with van der Waals surface area (Å²) in [5, 5.41) is 15.1. The van der Waals surface area contributed by atoms with Crippen molar-refractivity contribution in [3.05, 3.63) is 0 Å². The Morgan fingerprint density at radius 3 is 2.62 bits per heavy atom. The van der Waals surface area contributed by atoms with Gasteiger partial charge < -0.3 is 20.5 Å². The minimum absolute atomic E-state index is 0.0588. The highest BCUT2D eigenvalue weighted by Gasteiger charge is 2.17. The van der Waals surface area contributed by atoms with Gasteiger partial charge in [-0.25, -0.2) is 0 Å². The molecule has 0 aliphatic carbocycles. The Kier molecular flexibility index (Phi) is 7.29. The average molecular weight is 232 g/mol. The third-order valence-corrected chi connectivity index (χ3v) is 2.39. The first-order valence-electron chi connectivity index (χ1n) is 5.60. The molecule has 0 aromatic heterocycles. The maximum Gasteiger partial charge on any atom is 0.234 e. The first kappa shape index (κ1) is 15.3. The summed E-state index contributed by atoms with van der Waals surface area (Å²) in [5.74, 6) is -0.0588. The van der Waals surface area contributed by atoms with Crippen LogP contribution < -0.4 is 10.6 Å². The molecule has 16 heavy (non-hydrogen) atoms. The predicted molar refractivity (Wildman–Crippen MR) is 63.3 cm³/mol. The maximum atomic E-state index is 11.5. The molecule has 0 saturated carbocycles. The van der Waals surface area contributed by atoms with E-state index in [-0.39, 0.29) is 24.6 Å². The molecule has 1 atom stereocenters. The van der Waals surface area contributed by atoms with Gasteiger partial charge in [0.1, 0.15) is 0 Å². The standard InChI is InChI=1S/C11H24N2O3/c1-5-11(2,3)13-10(15)7-12-6-9(14)8-16-4/h9,12,14H,5-8H2,1-4H3,(H,13,15). The summed E-state index contributed by atoms with van der Waals surface area (Å²) in [7, 11) is 1.53. The number of aliphatic hydroxyl groups is 1. The van der Waals surface area contributed by atoms with Crippen molar-refractivity contribution in [2.24, 2.45) is 0 Å². The zero-order valence-corrected chi connectivity index (χ0v) is 10.7. The molecular formula is C11H24N2O3. The van der Waals surface area contributed by atoms with Crippen LogP contribution in [0.4, 0.5) is 0 Å². The van der Waals surface area contributed by atoms with Gasteiger partial charge in [0.25, 0.3) is 0 Å². The Bertz CT molecular complexity index is 207. The van der Waals surface area contributed by atoms with Crippen LogP contribution in [0.15, 0.2) is 0 Å². The first-order chi connectivity index (χ1) is 7.41. The van der Waals surface area contributed by atoms with Gasteiger partial charge in [0.2, 0.25) is 5.91 Å². The van der Waals surface area contributed by atoms with Crippen molar-refractivity contribution in [3.8, 4) is 0 Å². The number of hydrogen-bond acceptors (Lipinski definition) is 4. The molecule has 0 rings (SSSR count). The minimum atomic E-state index is -0.572. The second kappa shape index (κ2) is 7.60. The molecule has 1 amide bonds. The molecule has 0 fully saturated rings. The summed E-state index contributed by atoms with van der Waals surface area (Å²) in [4.78, 5) is 11.5. The lowest BCUT2D eigenvalue weighted by Crippen LogP contribution is -2.47. The van der Waals surface area contributed by atoms with Gasteiger partial charge in [0.15, 0.2) is 0 Å². The molecule has 3 N–H and O–H groups in total. The number of aliphatic hydroxyl groups excluding tert-OH is 1. The number of rotatable bonds is 8. The van der Waals surface area contributed by atoms with Crippen molar-refractivity contribution < 1.29 is 14.6 Å². The zero-order valence-electron chi connectivity index (χ0n) is 10.7. The summed E-state index contributed by atoms with van der Waals surface area (Å²) in [6.07, 6.45) is 0.308. The van der Waals surface area contributed by atoms with E-state index in [1.165, 1.54) is 7.11 Å². The fraction of sp³-hybridized carbons (Fsp3) is 0.909. The molecule has 1 unspecified atom stereocenters. The predicted octanol–water partition coefficient (Wildman–Crippen LogP) is -0.112. The third-order valence-electron chi connectivity index (χ3n) is 2.39. The van der Waals surface area contributed by atoms with Crippen LogP contribution in [0.1, 0.15) is 27.2 Å². The monoisotopic (exact) mass is 232 g/mol. The molecule has 0 radical (unpaired) electrons. The molecule has 0 heterocycles. The number of carbonyl (C=O) groups excluding carboxylic acids is 1. The second-order valence-corrected chi connectivity index (χ2v) is 4.53. The Hall–Kier alpha value is -0.650. The maximum absolute atomic E-state index is 11.5. The van der Waals surface area contributed by atoms with E-state index in [4.69, 9.17) is 4.74 Å². The van der Waals surface area contributed by atoms with Crippen molar-refractivity contribution in [2.75, 3.05) is 26.8 Å². The van der Waals surface area contributed by atoms with Crippen molar-refractivity contribution in [1.29, 1.82) is 0 Å². The van der Waals surface area contributed by atoms with Gasteiger partial charge in [0.05, 0.1) is 19.3 Å². The number of amides is 1. The summed E-state index contributed by atoms with van der Waals surface area (Å²) in [6.45, 7) is 6.82. The highest BCUT2D eigenvalue weighted by molar-refractivity contribution is 5.78. The highest BCUT2D eigenvalue weighted by atomic mass is 16.5.